The largest absolute Gasteiger partial charge is 0.496 e. The summed E-state index contributed by atoms with van der Waals surface area (Å²) in [6.07, 6.45) is 2.57. The van der Waals surface area contributed by atoms with Gasteiger partial charge in [0.2, 0.25) is 0 Å². The van der Waals surface area contributed by atoms with Gasteiger partial charge in [-0.15, -0.1) is 0 Å². The van der Waals surface area contributed by atoms with Crippen LogP contribution < -0.4 is 30.6 Å². The zero-order chi connectivity index (χ0) is 24.8. The first-order valence-electron chi connectivity index (χ1n) is 9.76. The topological polar surface area (TPSA) is 141 Å². The number of nitrogens with zero attached hydrogens (tertiary/aromatic N) is 2. The molecule has 0 saturated heterocycles. The molecular weight excluding hydrogens is 440 g/mol. The molecule has 12 heteroatoms. The summed E-state index contributed by atoms with van der Waals surface area (Å²) < 4.78 is 41.5. The Hall–Kier alpha value is -3.67. The smallest absolute Gasteiger partial charge is 0.387 e. The number of anilines is 1. The van der Waals surface area contributed by atoms with Gasteiger partial charge in [0, 0.05) is 25.9 Å². The zero-order valence-corrected chi connectivity index (χ0v) is 18.9. The second kappa shape index (κ2) is 10.8. The number of amides is 1. The molecule has 0 saturated carbocycles. The molecule has 1 heterocycles. The lowest BCUT2D eigenvalue weighted by molar-refractivity contribution is -0.0502. The van der Waals surface area contributed by atoms with E-state index in [0.717, 1.165) is 0 Å². The highest BCUT2D eigenvalue weighted by Crippen LogP contribution is 2.36. The van der Waals surface area contributed by atoms with Gasteiger partial charge in [-0.3, -0.25) is 4.79 Å². The maximum atomic E-state index is 13.0. The molecule has 33 heavy (non-hydrogen) atoms. The van der Waals surface area contributed by atoms with E-state index in [1.807, 2.05) is 0 Å². The number of hydrogen-bond acceptors (Lipinski definition) is 9. The molecule has 0 aliphatic rings. The minimum atomic E-state index is -3.18. The van der Waals surface area contributed by atoms with Crippen LogP contribution in [0.2, 0.25) is 0 Å². The summed E-state index contributed by atoms with van der Waals surface area (Å²) in [6.45, 7) is -0.00844. The fourth-order valence-corrected chi connectivity index (χ4v) is 2.78. The van der Waals surface area contributed by atoms with Crippen molar-refractivity contribution in [2.45, 2.75) is 26.1 Å². The van der Waals surface area contributed by atoms with E-state index in [1.165, 1.54) is 38.7 Å². The molecule has 1 aromatic heterocycles. The van der Waals surface area contributed by atoms with Crippen molar-refractivity contribution in [1.29, 1.82) is 0 Å². The van der Waals surface area contributed by atoms with Gasteiger partial charge in [0.05, 0.1) is 18.9 Å². The quantitative estimate of drug-likeness (QED) is 0.413. The third-order valence-electron chi connectivity index (χ3n) is 4.25. The predicted octanol–water partition coefficient (Wildman–Crippen LogP) is 1.99. The summed E-state index contributed by atoms with van der Waals surface area (Å²) in [7, 11) is 4.25. The van der Waals surface area contributed by atoms with Crippen LogP contribution >= 0.6 is 0 Å². The molecule has 0 radical (unpaired) electrons. The van der Waals surface area contributed by atoms with Crippen molar-refractivity contribution in [3.63, 3.8) is 0 Å². The van der Waals surface area contributed by atoms with Crippen LogP contribution in [0.3, 0.4) is 0 Å². The molecule has 1 amide bonds. The van der Waals surface area contributed by atoms with E-state index in [0.29, 0.717) is 5.82 Å². The van der Waals surface area contributed by atoms with E-state index in [-0.39, 0.29) is 40.6 Å². The van der Waals surface area contributed by atoms with Gasteiger partial charge < -0.3 is 35.7 Å². The molecular formula is C21H27F2N5O5. The van der Waals surface area contributed by atoms with Crippen LogP contribution in [0.15, 0.2) is 24.5 Å². The number of aromatic nitrogens is 2. The summed E-state index contributed by atoms with van der Waals surface area (Å²) in [6, 6.07) is 2.65. The van der Waals surface area contributed by atoms with Crippen LogP contribution in [0.25, 0.3) is 5.57 Å². The fraction of sp³-hybridized carbons (Fsp3) is 0.381. The van der Waals surface area contributed by atoms with Crippen molar-refractivity contribution in [1.82, 2.24) is 15.3 Å². The number of aliphatic hydroxyl groups is 1. The molecule has 0 fully saturated rings. The maximum absolute atomic E-state index is 13.0. The van der Waals surface area contributed by atoms with Gasteiger partial charge in [-0.2, -0.15) is 8.78 Å². The number of hydrogen-bond donors (Lipinski definition) is 4. The highest BCUT2D eigenvalue weighted by Gasteiger charge is 2.24. The third-order valence-corrected chi connectivity index (χ3v) is 4.25. The van der Waals surface area contributed by atoms with Gasteiger partial charge in [-0.25, -0.2) is 9.97 Å². The lowest BCUT2D eigenvalue weighted by atomic mass is 10.0. The molecule has 2 aromatic rings. The first kappa shape index (κ1) is 25.6. The van der Waals surface area contributed by atoms with Crippen molar-refractivity contribution < 1.29 is 32.9 Å². The van der Waals surface area contributed by atoms with E-state index >= 15 is 0 Å². The Morgan fingerprint density at radius 1 is 1.27 bits per heavy atom. The Morgan fingerprint density at radius 2 is 1.94 bits per heavy atom. The lowest BCUT2D eigenvalue weighted by Gasteiger charge is -2.19. The van der Waals surface area contributed by atoms with E-state index in [1.54, 1.807) is 20.9 Å². The van der Waals surface area contributed by atoms with Gasteiger partial charge in [-0.1, -0.05) is 0 Å². The van der Waals surface area contributed by atoms with Gasteiger partial charge in [0.1, 0.15) is 23.7 Å². The predicted molar refractivity (Wildman–Crippen MR) is 118 cm³/mol. The number of ether oxygens (including phenoxy) is 3. The van der Waals surface area contributed by atoms with Crippen LogP contribution in [0.4, 0.5) is 14.6 Å². The molecule has 0 aliphatic heterocycles. The van der Waals surface area contributed by atoms with E-state index in [4.69, 9.17) is 15.2 Å². The SMILES string of the molecule is CNC(=O)c1c(OC)cc(/C(=C/N)c2ncc(OCC(C)(C)O)c(NC)n2)cc1OC(F)F. The number of carbonyl (C=O) groups is 1. The van der Waals surface area contributed by atoms with Crippen LogP contribution in [0.1, 0.15) is 35.6 Å². The molecule has 180 valence electrons. The Morgan fingerprint density at radius 3 is 2.45 bits per heavy atom. The number of halogens is 2. The Bertz CT molecular complexity index is 1020. The van der Waals surface area contributed by atoms with Crippen LogP contribution in [0.5, 0.6) is 17.2 Å². The minimum absolute atomic E-state index is 0.00352. The zero-order valence-electron chi connectivity index (χ0n) is 18.9. The van der Waals surface area contributed by atoms with Crippen molar-refractivity contribution in [3.8, 4) is 17.2 Å². The normalized spacial score (nSPS) is 11.8. The van der Waals surface area contributed by atoms with Crippen LogP contribution in [0, 0.1) is 0 Å². The number of methoxy groups -OCH3 is 1. The van der Waals surface area contributed by atoms with E-state index in [9.17, 15) is 18.7 Å². The summed E-state index contributed by atoms with van der Waals surface area (Å²) in [5, 5.41) is 15.1. The maximum Gasteiger partial charge on any atom is 0.387 e. The third kappa shape index (κ3) is 6.42. The van der Waals surface area contributed by atoms with Crippen molar-refractivity contribution in [2.24, 2.45) is 5.73 Å². The molecule has 10 nitrogen and oxygen atoms in total. The first-order valence-corrected chi connectivity index (χ1v) is 9.76. The Labute approximate surface area is 189 Å². The lowest BCUT2D eigenvalue weighted by Crippen LogP contribution is -2.28. The van der Waals surface area contributed by atoms with Crippen molar-refractivity contribution in [3.05, 3.63) is 41.5 Å². The Kier molecular flexibility index (Phi) is 8.35. The number of benzene rings is 1. The van der Waals surface area contributed by atoms with Crippen LogP contribution in [-0.2, 0) is 0 Å². The number of nitrogens with one attached hydrogen (secondary N) is 2. The van der Waals surface area contributed by atoms with Gasteiger partial charge >= 0.3 is 6.61 Å². The standard InChI is InChI=1S/C21H27F2N5O5/c1-21(2,30)10-32-15-9-27-17(28-18(15)25-3)12(8-24)11-6-13(31-5)16(19(29)26-4)14(7-11)33-20(22)23/h6-9,20,30H,10,24H2,1-5H3,(H,26,29)(H,25,27,28)/b12-8-. The summed E-state index contributed by atoms with van der Waals surface area (Å²) in [4.78, 5) is 20.9. The minimum Gasteiger partial charge on any atom is -0.496 e. The summed E-state index contributed by atoms with van der Waals surface area (Å²) >= 11 is 0. The molecule has 0 aliphatic carbocycles. The van der Waals surface area contributed by atoms with Crippen molar-refractivity contribution in [2.75, 3.05) is 33.1 Å². The van der Waals surface area contributed by atoms with Gasteiger partial charge in [0.15, 0.2) is 17.4 Å². The molecule has 0 spiro atoms. The molecule has 1 aromatic carbocycles. The molecule has 0 bridgehead atoms. The average Bonchev–Trinajstić information content (AvgIpc) is 2.76. The number of nitrogens with two attached hydrogens (primary N) is 1. The Balaban J connectivity index is 2.57. The highest BCUT2D eigenvalue weighted by atomic mass is 19.3. The molecule has 5 N–H and O–H groups in total. The number of alkyl halides is 2. The average molecular weight is 467 g/mol. The van der Waals surface area contributed by atoms with Gasteiger partial charge in [0.25, 0.3) is 5.91 Å². The molecule has 0 atom stereocenters. The summed E-state index contributed by atoms with van der Waals surface area (Å²) in [5.74, 6) is -0.363. The summed E-state index contributed by atoms with van der Waals surface area (Å²) in [5.41, 5.74) is 5.06. The first-order chi connectivity index (χ1) is 15.5. The second-order valence-corrected chi connectivity index (χ2v) is 7.35. The van der Waals surface area contributed by atoms with E-state index in [2.05, 4.69) is 25.3 Å². The highest BCUT2D eigenvalue weighted by molar-refractivity contribution is 6.00. The molecule has 0 unspecified atom stereocenters. The van der Waals surface area contributed by atoms with Crippen LogP contribution in [-0.4, -0.2) is 61.0 Å². The monoisotopic (exact) mass is 467 g/mol. The van der Waals surface area contributed by atoms with Gasteiger partial charge in [-0.05, 0) is 31.5 Å². The number of carbonyl (C=O) groups excluding carboxylic acids is 1. The molecule has 2 rings (SSSR count). The van der Waals surface area contributed by atoms with E-state index < -0.39 is 23.9 Å². The van der Waals surface area contributed by atoms with Crippen molar-refractivity contribution >= 4 is 17.3 Å². The fourth-order valence-electron chi connectivity index (χ4n) is 2.78. The second-order valence-electron chi connectivity index (χ2n) is 7.35. The number of rotatable bonds is 10.